The highest BCUT2D eigenvalue weighted by Crippen LogP contribution is 2.24. The van der Waals surface area contributed by atoms with Gasteiger partial charge >= 0.3 is 0 Å². The number of fused-ring (bicyclic) bond motifs is 1. The van der Waals surface area contributed by atoms with Crippen molar-refractivity contribution in [2.24, 2.45) is 0 Å². The first kappa shape index (κ1) is 12.5. The third-order valence-corrected chi connectivity index (χ3v) is 4.33. The van der Waals surface area contributed by atoms with E-state index in [0.29, 0.717) is 11.6 Å². The summed E-state index contributed by atoms with van der Waals surface area (Å²) in [5.74, 6) is 0.243. The monoisotopic (exact) mass is 260 g/mol. The number of piperazine rings is 1. The highest BCUT2D eigenvalue weighted by Gasteiger charge is 2.32. The Morgan fingerprint density at radius 1 is 1.32 bits per heavy atom. The summed E-state index contributed by atoms with van der Waals surface area (Å²) < 4.78 is 0. The topological polar surface area (TPSA) is 43.8 Å². The maximum atomic E-state index is 12.4. The molecule has 2 aliphatic rings. The molecular formula is C15H20N2O2. The Kier molecular flexibility index (Phi) is 3.19. The molecule has 1 aromatic rings. The molecule has 2 heterocycles. The molecule has 3 rings (SSSR count). The molecule has 1 N–H and O–H groups in total. The van der Waals surface area contributed by atoms with Crippen molar-refractivity contribution in [3.05, 3.63) is 29.3 Å². The molecule has 1 aromatic carbocycles. The summed E-state index contributed by atoms with van der Waals surface area (Å²) in [5.41, 5.74) is 1.40. The van der Waals surface area contributed by atoms with Crippen LogP contribution < -0.4 is 0 Å². The third-order valence-electron chi connectivity index (χ3n) is 4.33. The van der Waals surface area contributed by atoms with Crippen LogP contribution in [0.15, 0.2) is 18.2 Å². The number of nitrogens with zero attached hydrogens (tertiary/aromatic N) is 2. The van der Waals surface area contributed by atoms with Gasteiger partial charge in [-0.05, 0) is 44.0 Å². The molecule has 4 nitrogen and oxygen atoms in total. The summed E-state index contributed by atoms with van der Waals surface area (Å²) in [5, 5.41) is 9.72. The summed E-state index contributed by atoms with van der Waals surface area (Å²) in [4.78, 5) is 16.9. The van der Waals surface area contributed by atoms with Crippen LogP contribution in [0, 0.1) is 6.92 Å². The molecule has 0 spiro atoms. The van der Waals surface area contributed by atoms with Crippen LogP contribution >= 0.6 is 0 Å². The summed E-state index contributed by atoms with van der Waals surface area (Å²) in [6.45, 7) is 5.62. The predicted octanol–water partition coefficient (Wildman–Crippen LogP) is 1.62. The Hall–Kier alpha value is -1.55. The number of amides is 1. The molecule has 2 fully saturated rings. The Bertz CT molecular complexity index is 501. The number of benzene rings is 1. The maximum absolute atomic E-state index is 12.4. The quantitative estimate of drug-likeness (QED) is 0.834. The fraction of sp³-hybridized carbons (Fsp3) is 0.533. The van der Waals surface area contributed by atoms with E-state index in [1.807, 2.05) is 11.8 Å². The fourth-order valence-electron chi connectivity index (χ4n) is 3.10. The first-order valence-electron chi connectivity index (χ1n) is 6.98. The zero-order valence-electron chi connectivity index (χ0n) is 11.3. The van der Waals surface area contributed by atoms with Crippen molar-refractivity contribution in [1.82, 2.24) is 9.80 Å². The molecule has 2 saturated heterocycles. The predicted molar refractivity (Wildman–Crippen MR) is 73.3 cm³/mol. The van der Waals surface area contributed by atoms with Crippen LogP contribution in [0.2, 0.25) is 0 Å². The standard InChI is InChI=1S/C15H20N2O2/c1-11-4-5-12(9-14(11)18)15(19)17-8-7-16-6-2-3-13(16)10-17/h4-5,9,13,18H,2-3,6-8,10H2,1H3. The minimum absolute atomic E-state index is 0.0434. The molecule has 2 aliphatic heterocycles. The van der Waals surface area contributed by atoms with Crippen LogP contribution in [0.4, 0.5) is 0 Å². The molecule has 1 atom stereocenters. The van der Waals surface area contributed by atoms with Gasteiger partial charge in [-0.25, -0.2) is 0 Å². The lowest BCUT2D eigenvalue weighted by Crippen LogP contribution is -2.52. The van der Waals surface area contributed by atoms with Crippen LogP contribution in [0.3, 0.4) is 0 Å². The molecule has 4 heteroatoms. The van der Waals surface area contributed by atoms with E-state index in [9.17, 15) is 9.90 Å². The zero-order valence-corrected chi connectivity index (χ0v) is 11.3. The van der Waals surface area contributed by atoms with Gasteiger partial charge in [0.05, 0.1) is 0 Å². The first-order chi connectivity index (χ1) is 9.15. The van der Waals surface area contributed by atoms with Crippen LogP contribution in [-0.2, 0) is 0 Å². The number of phenolic OH excluding ortho intramolecular Hbond substituents is 1. The summed E-state index contributed by atoms with van der Waals surface area (Å²) >= 11 is 0. The Morgan fingerprint density at radius 3 is 2.95 bits per heavy atom. The van der Waals surface area contributed by atoms with Crippen molar-refractivity contribution in [3.8, 4) is 5.75 Å². The highest BCUT2D eigenvalue weighted by atomic mass is 16.3. The molecule has 0 saturated carbocycles. The second kappa shape index (κ2) is 4.85. The Labute approximate surface area is 113 Å². The van der Waals surface area contributed by atoms with Crippen molar-refractivity contribution < 1.29 is 9.90 Å². The van der Waals surface area contributed by atoms with Gasteiger partial charge in [-0.1, -0.05) is 6.07 Å². The van der Waals surface area contributed by atoms with Gasteiger partial charge in [-0.15, -0.1) is 0 Å². The second-order valence-electron chi connectivity index (χ2n) is 5.58. The number of aromatic hydroxyl groups is 1. The largest absolute Gasteiger partial charge is 0.508 e. The normalized spacial score (nSPS) is 23.4. The van der Waals surface area contributed by atoms with Gasteiger partial charge in [0.1, 0.15) is 5.75 Å². The van der Waals surface area contributed by atoms with Crippen molar-refractivity contribution in [2.45, 2.75) is 25.8 Å². The number of aryl methyl sites for hydroxylation is 1. The van der Waals surface area contributed by atoms with E-state index in [1.165, 1.54) is 19.4 Å². The van der Waals surface area contributed by atoms with Crippen LogP contribution in [-0.4, -0.2) is 53.0 Å². The van der Waals surface area contributed by atoms with Crippen molar-refractivity contribution >= 4 is 5.91 Å². The number of carbonyl (C=O) groups is 1. The summed E-state index contributed by atoms with van der Waals surface area (Å²) in [7, 11) is 0. The SMILES string of the molecule is Cc1ccc(C(=O)N2CCN3CCCC3C2)cc1O. The molecule has 1 amide bonds. The molecular weight excluding hydrogens is 240 g/mol. The first-order valence-corrected chi connectivity index (χ1v) is 6.98. The molecule has 19 heavy (non-hydrogen) atoms. The van der Waals surface area contributed by atoms with Gasteiger partial charge < -0.3 is 10.0 Å². The van der Waals surface area contributed by atoms with Gasteiger partial charge in [-0.2, -0.15) is 0 Å². The highest BCUT2D eigenvalue weighted by molar-refractivity contribution is 5.94. The van der Waals surface area contributed by atoms with Gasteiger partial charge in [0, 0.05) is 31.2 Å². The average molecular weight is 260 g/mol. The van der Waals surface area contributed by atoms with E-state index in [4.69, 9.17) is 0 Å². The number of carbonyl (C=O) groups excluding carboxylic acids is 1. The van der Waals surface area contributed by atoms with E-state index >= 15 is 0 Å². The number of phenols is 1. The van der Waals surface area contributed by atoms with E-state index in [1.54, 1.807) is 18.2 Å². The Morgan fingerprint density at radius 2 is 2.16 bits per heavy atom. The zero-order chi connectivity index (χ0) is 13.4. The van der Waals surface area contributed by atoms with Crippen LogP contribution in [0.25, 0.3) is 0 Å². The van der Waals surface area contributed by atoms with Crippen LogP contribution in [0.5, 0.6) is 5.75 Å². The smallest absolute Gasteiger partial charge is 0.254 e. The van der Waals surface area contributed by atoms with Crippen molar-refractivity contribution in [2.75, 3.05) is 26.2 Å². The van der Waals surface area contributed by atoms with E-state index in [0.717, 1.165) is 25.2 Å². The van der Waals surface area contributed by atoms with Crippen LogP contribution in [0.1, 0.15) is 28.8 Å². The third kappa shape index (κ3) is 2.32. The molecule has 0 bridgehead atoms. The minimum atomic E-state index is 0.0434. The van der Waals surface area contributed by atoms with E-state index < -0.39 is 0 Å². The van der Waals surface area contributed by atoms with Crippen molar-refractivity contribution in [1.29, 1.82) is 0 Å². The van der Waals surface area contributed by atoms with Gasteiger partial charge in [-0.3, -0.25) is 9.69 Å². The maximum Gasteiger partial charge on any atom is 0.254 e. The lowest BCUT2D eigenvalue weighted by atomic mass is 10.1. The lowest BCUT2D eigenvalue weighted by molar-refractivity contribution is 0.0571. The lowest BCUT2D eigenvalue weighted by Gasteiger charge is -2.37. The number of hydrogen-bond donors (Lipinski definition) is 1. The van der Waals surface area contributed by atoms with Gasteiger partial charge in [0.2, 0.25) is 0 Å². The molecule has 1 unspecified atom stereocenters. The summed E-state index contributed by atoms with van der Waals surface area (Å²) in [6.07, 6.45) is 2.45. The van der Waals surface area contributed by atoms with E-state index in [-0.39, 0.29) is 11.7 Å². The molecule has 0 aromatic heterocycles. The van der Waals surface area contributed by atoms with Gasteiger partial charge in [0.15, 0.2) is 0 Å². The molecule has 0 aliphatic carbocycles. The minimum Gasteiger partial charge on any atom is -0.508 e. The molecule has 0 radical (unpaired) electrons. The summed E-state index contributed by atoms with van der Waals surface area (Å²) in [6, 6.07) is 5.72. The number of hydrogen-bond acceptors (Lipinski definition) is 3. The van der Waals surface area contributed by atoms with Crippen molar-refractivity contribution in [3.63, 3.8) is 0 Å². The van der Waals surface area contributed by atoms with Gasteiger partial charge in [0.25, 0.3) is 5.91 Å². The van der Waals surface area contributed by atoms with E-state index in [2.05, 4.69) is 4.90 Å². The molecule has 102 valence electrons. The Balaban J connectivity index is 1.74. The average Bonchev–Trinajstić information content (AvgIpc) is 2.88. The fourth-order valence-corrected chi connectivity index (χ4v) is 3.10. The number of rotatable bonds is 1. The second-order valence-corrected chi connectivity index (χ2v) is 5.58.